The number of aliphatic hydroxyl groups excluding tert-OH is 2. The lowest BCUT2D eigenvalue weighted by Gasteiger charge is -2.30. The van der Waals surface area contributed by atoms with Gasteiger partial charge in [-0.15, -0.1) is 11.7 Å². The minimum Gasteiger partial charge on any atom is -0.386 e. The van der Waals surface area contributed by atoms with Crippen LogP contribution in [-0.4, -0.2) is 118 Å². The fraction of sp³-hybridized carbons (Fsp3) is 0.667. The lowest BCUT2D eigenvalue weighted by atomic mass is 9.87. The maximum absolute atomic E-state index is 12.6. The Hall–Kier alpha value is -1.76. The molecule has 7 unspecified atom stereocenters. The van der Waals surface area contributed by atoms with Gasteiger partial charge in [0, 0.05) is 30.7 Å². The van der Waals surface area contributed by atoms with Crippen LogP contribution in [0.25, 0.3) is 11.2 Å². The Balaban J connectivity index is 1.59. The number of ether oxygens (including phenoxy) is 1. The minimum atomic E-state index is -5.54. The molecule has 2 aromatic heterocycles. The van der Waals surface area contributed by atoms with Gasteiger partial charge in [-0.25, -0.2) is 28.6 Å². The Kier molecular flexibility index (Phi) is 14.6. The van der Waals surface area contributed by atoms with Crippen molar-refractivity contribution < 1.29 is 75.7 Å². The zero-order valence-electron chi connectivity index (χ0n) is 25.6. The monoisotopic (exact) mass is 799 g/mol. The number of nitrogens with two attached hydrogens (primary N) is 1. The third-order valence-electron chi connectivity index (χ3n) is 6.59. The Morgan fingerprint density at radius 1 is 1.12 bits per heavy atom. The van der Waals surface area contributed by atoms with E-state index in [4.69, 9.17) is 19.5 Å². The standard InChI is InChI=1S/C21H36N7O16P3S2/c1-21(2,16(31)19(32)24-4-3-12(29)23-5-6-49-48)8-41-47(38,39)44-46(36,37)40-7-11-15(43-45(33,34)35)14(30)20(42-11)28-10-27-13-17(22)25-9-26-18(13)28/h9-11,14-16,20,30-31,48H,3-8H2,1-2H3,(H,23,29)(H,24,32)(H,36,37)(H,38,39)(H2,22,25,26)(H2,33,34,35). The van der Waals surface area contributed by atoms with E-state index in [1.807, 2.05) is 0 Å². The number of nitrogens with one attached hydrogen (secondary N) is 2. The summed E-state index contributed by atoms with van der Waals surface area (Å²) in [4.78, 5) is 74.8. The number of fused-ring (bicyclic) bond motifs is 1. The fourth-order valence-corrected chi connectivity index (χ4v) is 7.47. The van der Waals surface area contributed by atoms with E-state index in [0.717, 1.165) is 17.2 Å². The van der Waals surface area contributed by atoms with Crippen molar-refractivity contribution >= 4 is 74.7 Å². The number of aromatic nitrogens is 4. The second-order valence-electron chi connectivity index (χ2n) is 10.9. The molecule has 1 aliphatic heterocycles. The topological polar surface area (TPSA) is 347 Å². The smallest absolute Gasteiger partial charge is 0.386 e. The molecule has 2 amide bonds. The molecular weight excluding hydrogens is 763 g/mol. The number of nitrogen functional groups attached to an aromatic ring is 1. The highest BCUT2D eigenvalue weighted by atomic mass is 33.1. The molecule has 2 aromatic rings. The van der Waals surface area contributed by atoms with Gasteiger partial charge in [-0.2, -0.15) is 4.31 Å². The SMILES string of the molecule is CC(C)(COP(=O)(O)OP(=O)(O)OCC1OC(n2cnc3c(N)ncnc32)C(O)C1OP(=O)(O)O)C(O)C(=O)NCCC(=O)NCCSS. The number of imidazole rings is 1. The molecule has 278 valence electrons. The van der Waals surface area contributed by atoms with Gasteiger partial charge < -0.3 is 50.9 Å². The summed E-state index contributed by atoms with van der Waals surface area (Å²) < 4.78 is 61.8. The third-order valence-corrected chi connectivity index (χ3v) is 10.6. The van der Waals surface area contributed by atoms with E-state index in [2.05, 4.69) is 46.1 Å². The largest absolute Gasteiger partial charge is 0.481 e. The van der Waals surface area contributed by atoms with Crippen LogP contribution >= 0.6 is 45.9 Å². The molecule has 28 heteroatoms. The Morgan fingerprint density at radius 2 is 1.80 bits per heavy atom. The molecule has 1 aliphatic rings. The molecule has 1 fully saturated rings. The Labute approximate surface area is 286 Å². The molecule has 0 aromatic carbocycles. The number of carbonyl (C=O) groups excluding carboxylic acids is 2. The summed E-state index contributed by atoms with van der Waals surface area (Å²) in [6.45, 7) is 0.775. The molecule has 0 saturated carbocycles. The van der Waals surface area contributed by atoms with Crippen LogP contribution in [0.3, 0.4) is 0 Å². The van der Waals surface area contributed by atoms with Gasteiger partial charge in [0.1, 0.15) is 36.3 Å². The van der Waals surface area contributed by atoms with Crippen molar-refractivity contribution in [2.24, 2.45) is 5.41 Å². The molecule has 7 atom stereocenters. The van der Waals surface area contributed by atoms with Gasteiger partial charge in [0.2, 0.25) is 11.8 Å². The number of anilines is 1. The predicted molar refractivity (Wildman–Crippen MR) is 171 cm³/mol. The second-order valence-corrected chi connectivity index (χ2v) is 16.6. The average molecular weight is 800 g/mol. The van der Waals surface area contributed by atoms with E-state index < -0.39 is 78.6 Å². The van der Waals surface area contributed by atoms with E-state index in [1.165, 1.54) is 24.6 Å². The highest BCUT2D eigenvalue weighted by Gasteiger charge is 2.50. The predicted octanol–water partition coefficient (Wildman–Crippen LogP) is -1.02. The average Bonchev–Trinajstić information content (AvgIpc) is 3.55. The van der Waals surface area contributed by atoms with E-state index in [-0.39, 0.29) is 35.9 Å². The summed E-state index contributed by atoms with van der Waals surface area (Å²) in [6.07, 6.45) is -6.74. The van der Waals surface area contributed by atoms with Crippen LogP contribution in [0.15, 0.2) is 12.7 Å². The molecule has 0 radical (unpaired) electrons. The van der Waals surface area contributed by atoms with Crippen molar-refractivity contribution in [2.45, 2.75) is 50.9 Å². The number of rotatable bonds is 19. The molecule has 3 rings (SSSR count). The van der Waals surface area contributed by atoms with Crippen LogP contribution in [0, 0.1) is 5.41 Å². The van der Waals surface area contributed by atoms with Crippen molar-refractivity contribution in [3.63, 3.8) is 0 Å². The molecule has 0 spiro atoms. The number of nitrogens with zero attached hydrogens (tertiary/aromatic N) is 4. The molecule has 0 bridgehead atoms. The second kappa shape index (κ2) is 17.2. The highest BCUT2D eigenvalue weighted by Crippen LogP contribution is 2.61. The quantitative estimate of drug-likeness (QED) is 0.0352. The van der Waals surface area contributed by atoms with Crippen LogP contribution in [0.2, 0.25) is 0 Å². The van der Waals surface area contributed by atoms with Crippen molar-refractivity contribution in [3.05, 3.63) is 12.7 Å². The fourth-order valence-electron chi connectivity index (χ4n) is 4.18. The van der Waals surface area contributed by atoms with Gasteiger partial charge >= 0.3 is 23.5 Å². The van der Waals surface area contributed by atoms with Crippen LogP contribution in [-0.2, 0) is 45.9 Å². The van der Waals surface area contributed by atoms with Gasteiger partial charge in [-0.05, 0) is 0 Å². The first-order chi connectivity index (χ1) is 22.7. The Bertz CT molecular complexity index is 1620. The number of carbonyl (C=O) groups is 2. The minimum absolute atomic E-state index is 0.0363. The third kappa shape index (κ3) is 12.2. The van der Waals surface area contributed by atoms with Crippen molar-refractivity contribution in [3.8, 4) is 0 Å². The van der Waals surface area contributed by atoms with Crippen LogP contribution in [0.4, 0.5) is 5.82 Å². The number of phosphoric ester groups is 3. The first-order valence-electron chi connectivity index (χ1n) is 13.8. The number of hydrogen-bond donors (Lipinski definition) is 10. The normalized spacial score (nSPS) is 23.1. The summed E-state index contributed by atoms with van der Waals surface area (Å²) in [5.41, 5.74) is 4.30. The van der Waals surface area contributed by atoms with Crippen LogP contribution in [0.5, 0.6) is 0 Å². The zero-order valence-corrected chi connectivity index (χ0v) is 30.0. The van der Waals surface area contributed by atoms with Crippen LogP contribution < -0.4 is 16.4 Å². The van der Waals surface area contributed by atoms with E-state index in [1.54, 1.807) is 0 Å². The number of aliphatic hydroxyl groups is 2. The summed E-state index contributed by atoms with van der Waals surface area (Å²) in [6, 6.07) is 0. The molecular formula is C21H36N7O16P3S2. The first-order valence-corrected chi connectivity index (χ1v) is 20.4. The number of hydrogen-bond acceptors (Lipinski definition) is 18. The summed E-state index contributed by atoms with van der Waals surface area (Å²) in [5, 5.41) is 26.2. The van der Waals surface area contributed by atoms with E-state index in [9.17, 15) is 53.1 Å². The van der Waals surface area contributed by atoms with Gasteiger partial charge in [-0.3, -0.25) is 27.7 Å². The van der Waals surface area contributed by atoms with Gasteiger partial charge in [0.15, 0.2) is 17.7 Å². The molecule has 0 aliphatic carbocycles. The van der Waals surface area contributed by atoms with Gasteiger partial charge in [0.05, 0.1) is 19.5 Å². The van der Waals surface area contributed by atoms with E-state index >= 15 is 0 Å². The first kappa shape index (κ1) is 41.7. The highest BCUT2D eigenvalue weighted by molar-refractivity contribution is 8.68. The number of phosphoric acid groups is 3. The van der Waals surface area contributed by atoms with Crippen molar-refractivity contribution in [1.29, 1.82) is 0 Å². The van der Waals surface area contributed by atoms with Gasteiger partial charge in [0.25, 0.3) is 0 Å². The number of amides is 2. The molecule has 49 heavy (non-hydrogen) atoms. The lowest BCUT2D eigenvalue weighted by molar-refractivity contribution is -0.137. The van der Waals surface area contributed by atoms with E-state index in [0.29, 0.717) is 12.3 Å². The molecule has 23 nitrogen and oxygen atoms in total. The molecule has 1 saturated heterocycles. The van der Waals surface area contributed by atoms with Gasteiger partial charge in [-0.1, -0.05) is 24.6 Å². The summed E-state index contributed by atoms with van der Waals surface area (Å²) in [7, 11) is -15.1. The van der Waals surface area contributed by atoms with Crippen LogP contribution in [0.1, 0.15) is 26.5 Å². The maximum Gasteiger partial charge on any atom is 0.481 e. The molecule has 3 heterocycles. The lowest BCUT2D eigenvalue weighted by Crippen LogP contribution is -2.46. The summed E-state index contributed by atoms with van der Waals surface area (Å²) in [5.74, 6) is -0.774. The maximum atomic E-state index is 12.6. The summed E-state index contributed by atoms with van der Waals surface area (Å²) >= 11 is 3.94. The molecule has 10 N–H and O–H groups in total. The van der Waals surface area contributed by atoms with Crippen molar-refractivity contribution in [2.75, 3.05) is 37.8 Å². The zero-order chi connectivity index (χ0) is 36.8. The van der Waals surface area contributed by atoms with Crippen molar-refractivity contribution in [1.82, 2.24) is 30.2 Å². The number of thiol groups is 1. The Morgan fingerprint density at radius 3 is 2.45 bits per heavy atom.